The van der Waals surface area contributed by atoms with Gasteiger partial charge in [-0.05, 0) is 6.08 Å². The molecule has 1 aliphatic rings. The molecular weight excluding hydrogens is 256 g/mol. The van der Waals surface area contributed by atoms with Crippen molar-refractivity contribution in [1.29, 1.82) is 0 Å². The minimum absolute atomic E-state index is 0.115. The Hall–Kier alpha value is -2.72. The Labute approximate surface area is 108 Å². The number of nitrogens with zero attached hydrogens (tertiary/aromatic N) is 3. The van der Waals surface area contributed by atoms with Gasteiger partial charge in [0, 0.05) is 31.0 Å². The number of hydrogen-bond acceptors (Lipinski definition) is 7. The third-order valence-electron chi connectivity index (χ3n) is 2.11. The molecule has 0 spiro atoms. The van der Waals surface area contributed by atoms with Crippen LogP contribution in [-0.2, 0) is 0 Å². The second-order valence-corrected chi connectivity index (χ2v) is 3.31. The third-order valence-corrected chi connectivity index (χ3v) is 2.11. The summed E-state index contributed by atoms with van der Waals surface area (Å²) in [4.78, 5) is 2.97. The van der Waals surface area contributed by atoms with Gasteiger partial charge in [-0.1, -0.05) is 0 Å². The lowest BCUT2D eigenvalue weighted by molar-refractivity contribution is -0.377. The highest BCUT2D eigenvalue weighted by Crippen LogP contribution is 2.17. The van der Waals surface area contributed by atoms with Crippen molar-refractivity contribution in [2.24, 2.45) is 10.7 Å². The second kappa shape index (κ2) is 6.28. The van der Waals surface area contributed by atoms with Crippen molar-refractivity contribution in [1.82, 2.24) is 16.1 Å². The van der Waals surface area contributed by atoms with E-state index in [9.17, 15) is 10.4 Å². The van der Waals surface area contributed by atoms with Crippen molar-refractivity contribution >= 4 is 11.7 Å². The van der Waals surface area contributed by atoms with Gasteiger partial charge < -0.3 is 21.6 Å². The molecule has 1 rings (SSSR count). The van der Waals surface area contributed by atoms with Crippen LogP contribution in [0.15, 0.2) is 40.7 Å². The Kier molecular flexibility index (Phi) is 4.74. The monoisotopic (exact) mass is 269 g/mol. The fraction of sp³-hybridized carbons (Fsp3) is 0.111. The number of hydrogen-bond donors (Lipinski definition) is 5. The molecule has 0 bridgehead atoms. The zero-order valence-electron chi connectivity index (χ0n) is 9.94. The molecule has 19 heavy (non-hydrogen) atoms. The molecule has 0 unspecified atom stereocenters. The topological polar surface area (TPSA) is 155 Å². The van der Waals surface area contributed by atoms with Crippen LogP contribution >= 0.6 is 0 Å². The van der Waals surface area contributed by atoms with E-state index in [1.165, 1.54) is 25.4 Å². The molecule has 6 N–H and O–H groups in total. The molecule has 0 fully saturated rings. The van der Waals surface area contributed by atoms with E-state index in [0.717, 1.165) is 6.08 Å². The van der Waals surface area contributed by atoms with Crippen LogP contribution in [0.1, 0.15) is 0 Å². The van der Waals surface area contributed by atoms with Crippen LogP contribution in [0.25, 0.3) is 0 Å². The molecule has 0 saturated heterocycles. The van der Waals surface area contributed by atoms with Crippen molar-refractivity contribution in [3.8, 4) is 0 Å². The first-order valence-corrected chi connectivity index (χ1v) is 4.99. The first-order valence-electron chi connectivity index (χ1n) is 4.99. The van der Waals surface area contributed by atoms with Gasteiger partial charge >= 0.3 is 0 Å². The van der Waals surface area contributed by atoms with Crippen molar-refractivity contribution in [2.45, 2.75) is 0 Å². The zero-order valence-corrected chi connectivity index (χ0v) is 9.94. The molecule has 0 aromatic carbocycles. The second-order valence-electron chi connectivity index (χ2n) is 3.31. The number of hydroxylamine groups is 2. The molecule has 0 saturated carbocycles. The van der Waals surface area contributed by atoms with E-state index in [1.807, 2.05) is 0 Å². The first kappa shape index (κ1) is 14.3. The summed E-state index contributed by atoms with van der Waals surface area (Å²) in [5, 5.41) is 39.0. The fourth-order valence-corrected chi connectivity index (χ4v) is 1.18. The van der Waals surface area contributed by atoms with Crippen LogP contribution in [0.2, 0.25) is 0 Å². The first-order chi connectivity index (χ1) is 8.95. The lowest BCUT2D eigenvalue weighted by Crippen LogP contribution is -2.39. The minimum atomic E-state index is -0.649. The summed E-state index contributed by atoms with van der Waals surface area (Å²) in [7, 11) is 1.48. The third kappa shape index (κ3) is 3.90. The highest BCUT2D eigenvalue weighted by atomic mass is 16.8. The standard InChI is InChI=1S/C9H13N6O4/c1-11-9(10)13-12-5-6-2-3-7(14(16)17)4-8(6)15(18)19/h2-5,12,18-19H,1H3,(H3-,10,11,13,16,17)/q-1/b6-5+. The highest BCUT2D eigenvalue weighted by molar-refractivity contribution is 6.03. The van der Waals surface area contributed by atoms with Crippen molar-refractivity contribution in [3.63, 3.8) is 0 Å². The van der Waals surface area contributed by atoms with Gasteiger partial charge in [-0.25, -0.2) is 0 Å². The lowest BCUT2D eigenvalue weighted by atomic mass is 10.1. The van der Waals surface area contributed by atoms with Crippen molar-refractivity contribution in [2.75, 3.05) is 7.05 Å². The van der Waals surface area contributed by atoms with Crippen LogP contribution in [0.5, 0.6) is 0 Å². The number of guanidine groups is 1. The number of hydrazine groups is 1. The molecule has 104 valence electrons. The summed E-state index contributed by atoms with van der Waals surface area (Å²) in [6, 6.07) is 0. The van der Waals surface area contributed by atoms with Gasteiger partial charge in [-0.15, -0.1) is 5.23 Å². The molecule has 0 amide bonds. The average molecular weight is 269 g/mol. The van der Waals surface area contributed by atoms with Crippen LogP contribution < -0.4 is 16.6 Å². The van der Waals surface area contributed by atoms with E-state index in [-0.39, 0.29) is 28.2 Å². The normalized spacial score (nSPS) is 17.2. The largest absolute Gasteiger partial charge is 0.612 e. The van der Waals surface area contributed by atoms with E-state index >= 15 is 0 Å². The highest BCUT2D eigenvalue weighted by Gasteiger charge is 2.16. The zero-order chi connectivity index (χ0) is 14.4. The molecule has 0 aliphatic heterocycles. The maximum atomic E-state index is 10.6. The van der Waals surface area contributed by atoms with Gasteiger partial charge in [0.1, 0.15) is 5.70 Å². The maximum absolute atomic E-state index is 10.6. The molecule has 0 aromatic rings. The number of nitrogens with two attached hydrogens (primary N) is 1. The summed E-state index contributed by atoms with van der Waals surface area (Å²) in [6.45, 7) is 0. The number of rotatable bonds is 3. The smallest absolute Gasteiger partial charge is 0.225 e. The number of allylic oxidation sites excluding steroid dienone is 3. The van der Waals surface area contributed by atoms with E-state index in [0.29, 0.717) is 0 Å². The molecule has 10 heteroatoms. The summed E-state index contributed by atoms with van der Waals surface area (Å²) < 4.78 is 0. The predicted octanol–water partition coefficient (Wildman–Crippen LogP) is -1.11. The Bertz CT molecular complexity index is 487. The average Bonchev–Trinajstić information content (AvgIpc) is 2.38. The molecule has 1 aliphatic carbocycles. The van der Waals surface area contributed by atoms with Crippen LogP contribution in [0.4, 0.5) is 0 Å². The van der Waals surface area contributed by atoms with E-state index in [4.69, 9.17) is 16.1 Å². The Balaban J connectivity index is 2.90. The molecule has 0 atom stereocenters. The summed E-state index contributed by atoms with van der Waals surface area (Å²) in [5.74, 6) is 0.115. The van der Waals surface area contributed by atoms with Gasteiger partial charge in [0.2, 0.25) is 11.7 Å². The van der Waals surface area contributed by atoms with E-state index in [2.05, 4.69) is 15.8 Å². The summed E-state index contributed by atoms with van der Waals surface area (Å²) in [6.07, 6.45) is 4.89. The van der Waals surface area contributed by atoms with Gasteiger partial charge in [0.25, 0.3) is 0 Å². The molecular formula is C9H13N6O4-. The number of aliphatic imine (C=N–C) groups is 1. The quantitative estimate of drug-likeness (QED) is 0.187. The summed E-state index contributed by atoms with van der Waals surface area (Å²) >= 11 is 0. The molecule has 0 radical (unpaired) electrons. The van der Waals surface area contributed by atoms with Crippen molar-refractivity contribution < 1.29 is 15.3 Å². The van der Waals surface area contributed by atoms with Gasteiger partial charge in [0.05, 0.1) is 0 Å². The number of nitrogens with one attached hydrogen (secondary N) is 2. The lowest BCUT2D eigenvalue weighted by Gasteiger charge is -2.18. The molecule has 0 aromatic heterocycles. The Morgan fingerprint density at radius 2 is 2.16 bits per heavy atom. The minimum Gasteiger partial charge on any atom is -0.612 e. The predicted molar refractivity (Wildman–Crippen MR) is 66.5 cm³/mol. The molecule has 0 heterocycles. The van der Waals surface area contributed by atoms with Gasteiger partial charge in [-0.2, -0.15) is 4.90 Å². The van der Waals surface area contributed by atoms with Crippen LogP contribution in [0.3, 0.4) is 0 Å². The fourth-order valence-electron chi connectivity index (χ4n) is 1.18. The van der Waals surface area contributed by atoms with Gasteiger partial charge in [-0.3, -0.25) is 20.8 Å². The Morgan fingerprint density at radius 3 is 2.68 bits per heavy atom. The van der Waals surface area contributed by atoms with Crippen LogP contribution in [0, 0.1) is 10.4 Å². The van der Waals surface area contributed by atoms with Crippen LogP contribution in [-0.4, -0.2) is 39.3 Å². The SMILES string of the molecule is CN=C(N)NN/C=C1\C=CC(=[N+]([O-])[O-])C=C1N(O)O. The van der Waals surface area contributed by atoms with Crippen molar-refractivity contribution in [3.05, 3.63) is 46.1 Å². The van der Waals surface area contributed by atoms with E-state index < -0.39 is 4.90 Å². The van der Waals surface area contributed by atoms with Gasteiger partial charge in [0.15, 0.2) is 0 Å². The van der Waals surface area contributed by atoms with E-state index in [1.54, 1.807) is 0 Å². The Morgan fingerprint density at radius 1 is 1.47 bits per heavy atom. The summed E-state index contributed by atoms with van der Waals surface area (Å²) in [5.41, 5.74) is 10.2. The molecule has 10 nitrogen and oxygen atoms in total. The maximum Gasteiger partial charge on any atom is 0.225 e.